The quantitative estimate of drug-likeness (QED) is 0.155. The third-order valence-electron chi connectivity index (χ3n) is 17.6. The Morgan fingerprint density at radius 2 is 0.525 bits per heavy atom. The van der Waals surface area contributed by atoms with Gasteiger partial charge in [-0.25, -0.2) is 0 Å². The number of benzene rings is 12. The van der Waals surface area contributed by atoms with Crippen molar-refractivity contribution in [3.05, 3.63) is 279 Å². The van der Waals surface area contributed by atoms with E-state index in [0.717, 1.165) is 45.5 Å². The molecule has 0 radical (unpaired) electrons. The van der Waals surface area contributed by atoms with Crippen LogP contribution in [0.4, 0.5) is 45.5 Å². The molecule has 0 aliphatic carbocycles. The summed E-state index contributed by atoms with van der Waals surface area (Å²) in [6.07, 6.45) is 0. The minimum atomic E-state index is -0.285. The number of hydrogen-bond acceptors (Lipinski definition) is 4. The highest BCUT2D eigenvalue weighted by Gasteiger charge is 2.55. The molecule has 0 amide bonds. The fraction of sp³-hybridized carbons (Fsp3) is 0. The van der Waals surface area contributed by atoms with E-state index in [1.54, 1.807) is 0 Å². The summed E-state index contributed by atoms with van der Waals surface area (Å²) in [7, 11) is 0. The lowest BCUT2D eigenvalue weighted by Gasteiger charge is -2.54. The Morgan fingerprint density at radius 3 is 0.875 bits per heavy atom. The normalized spacial score (nSPS) is 13.6. The van der Waals surface area contributed by atoms with Gasteiger partial charge in [0.05, 0.1) is 22.1 Å². The van der Waals surface area contributed by atoms with E-state index in [-0.39, 0.29) is 14.0 Å². The summed E-state index contributed by atoms with van der Waals surface area (Å²) in [6.45, 7) is -0.571. The van der Waals surface area contributed by atoms with Crippen LogP contribution in [0.15, 0.2) is 279 Å². The predicted molar refractivity (Wildman–Crippen MR) is 337 cm³/mol. The molecule has 0 atom stereocenters. The van der Waals surface area contributed by atoms with Crippen LogP contribution in [0.1, 0.15) is 0 Å². The van der Waals surface area contributed by atoms with Crippen molar-refractivity contribution < 1.29 is 0 Å². The van der Waals surface area contributed by atoms with Crippen LogP contribution in [0.5, 0.6) is 0 Å². The highest BCUT2D eigenvalue weighted by atomic mass is 15.3. The second-order valence-electron chi connectivity index (χ2n) is 21.6. The molecular weight excluding hydrogens is 970 g/mol. The van der Waals surface area contributed by atoms with Crippen LogP contribution >= 0.6 is 0 Å². The van der Waals surface area contributed by atoms with Crippen LogP contribution in [0, 0.1) is 0 Å². The molecule has 0 saturated heterocycles. The molecule has 12 aromatic carbocycles. The molecule has 0 fully saturated rings. The van der Waals surface area contributed by atoms with Gasteiger partial charge in [0.15, 0.2) is 0 Å². The van der Waals surface area contributed by atoms with E-state index in [1.807, 2.05) is 0 Å². The molecule has 0 bridgehead atoms. The number of anilines is 8. The van der Waals surface area contributed by atoms with Crippen molar-refractivity contribution in [2.45, 2.75) is 0 Å². The minimum Gasteiger partial charge on any atom is -0.361 e. The SMILES string of the molecule is c1ccc(N2B3c4c(cc5c6c4-c4c(cccc4N(c4ccccc4)B6N(c4ccccc4)c4cc(-n6c7ccccc7c7ccccc76)ccc4-5)N3c3ccccc3)-c3ccc(-n4c5ccccc5c5ccccc54)cc32)cc1. The van der Waals surface area contributed by atoms with Crippen LogP contribution < -0.4 is 30.2 Å². The van der Waals surface area contributed by atoms with E-state index >= 15 is 0 Å². The Labute approximate surface area is 463 Å². The van der Waals surface area contributed by atoms with E-state index in [0.29, 0.717) is 0 Å². The molecule has 0 unspecified atom stereocenters. The summed E-state index contributed by atoms with van der Waals surface area (Å²) in [5, 5.41) is 4.98. The maximum Gasteiger partial charge on any atom is 0.421 e. The number of rotatable bonds is 6. The smallest absolute Gasteiger partial charge is 0.361 e. The lowest BCUT2D eigenvalue weighted by molar-refractivity contribution is 1.17. The van der Waals surface area contributed by atoms with E-state index in [2.05, 4.69) is 307 Å². The first kappa shape index (κ1) is 43.6. The van der Waals surface area contributed by atoms with Gasteiger partial charge in [0.2, 0.25) is 0 Å². The molecule has 2 aromatic heterocycles. The van der Waals surface area contributed by atoms with Gasteiger partial charge in [-0.1, -0.05) is 164 Å². The summed E-state index contributed by atoms with van der Waals surface area (Å²) in [6, 6.07) is 104. The van der Waals surface area contributed by atoms with Crippen LogP contribution in [0.25, 0.3) is 88.4 Å². The first-order valence-corrected chi connectivity index (χ1v) is 27.7. The average molecular weight is 1020 g/mol. The van der Waals surface area contributed by atoms with Crippen LogP contribution in [0.3, 0.4) is 0 Å². The predicted octanol–water partition coefficient (Wildman–Crippen LogP) is 16.9. The highest BCUT2D eigenvalue weighted by molar-refractivity contribution is 6.92. The second-order valence-corrected chi connectivity index (χ2v) is 21.6. The molecule has 14 aromatic rings. The summed E-state index contributed by atoms with van der Waals surface area (Å²) in [5.41, 5.74) is 26.2. The number of nitrogens with zero attached hydrogens (tertiary/aromatic N) is 6. The van der Waals surface area contributed by atoms with Gasteiger partial charge in [-0.15, -0.1) is 0 Å². The van der Waals surface area contributed by atoms with Gasteiger partial charge >= 0.3 is 14.0 Å². The Balaban J connectivity index is 0.992. The standard InChI is InChI=1S/C72H46B2N6/c1-5-22-47(23-6-1)77-65-38-21-39-66-69(65)70-71-59(57-42-40-51(44-67(57)79(73(71)77)49-26-9-3-10-27-49)75-61-34-17-13-30-53(61)54-31-14-18-35-62(54)75)46-60-58-43-41-52(76-63-36-19-15-32-55(63)56-33-16-20-37-64(56)76)45-68(58)80(50-28-11-4-12-29-50)74(72(60)70)78(66)48-24-7-2-8-25-48/h1-46H. The minimum absolute atomic E-state index is 0.285. The Kier molecular flexibility index (Phi) is 9.03. The molecule has 8 heteroatoms. The van der Waals surface area contributed by atoms with Gasteiger partial charge in [0.25, 0.3) is 0 Å². The number of aromatic nitrogens is 2. The van der Waals surface area contributed by atoms with Gasteiger partial charge in [0.1, 0.15) is 0 Å². The molecule has 4 aliphatic rings. The number of fused-ring (bicyclic) bond motifs is 10. The molecule has 0 N–H and O–H groups in total. The van der Waals surface area contributed by atoms with Gasteiger partial charge < -0.3 is 28.4 Å². The first-order chi connectivity index (χ1) is 39.8. The molecule has 6 heterocycles. The van der Waals surface area contributed by atoms with E-state index in [1.165, 1.54) is 99.3 Å². The topological polar surface area (TPSA) is 22.8 Å². The maximum absolute atomic E-state index is 2.64. The van der Waals surface area contributed by atoms with Gasteiger partial charge in [-0.05, 0) is 143 Å². The summed E-state index contributed by atoms with van der Waals surface area (Å²) >= 11 is 0. The second kappa shape index (κ2) is 16.5. The zero-order valence-electron chi connectivity index (χ0n) is 43.4. The van der Waals surface area contributed by atoms with Gasteiger partial charge in [0, 0.05) is 95.1 Å². The lowest BCUT2D eigenvalue weighted by Crippen LogP contribution is -2.68. The Hall–Kier alpha value is -10.4. The first-order valence-electron chi connectivity index (χ1n) is 27.7. The molecule has 80 heavy (non-hydrogen) atoms. The molecule has 18 rings (SSSR count). The van der Waals surface area contributed by atoms with E-state index < -0.39 is 0 Å². The van der Waals surface area contributed by atoms with Crippen molar-refractivity contribution in [2.75, 3.05) is 19.2 Å². The van der Waals surface area contributed by atoms with Gasteiger partial charge in [-0.2, -0.15) is 0 Å². The van der Waals surface area contributed by atoms with E-state index in [4.69, 9.17) is 0 Å². The van der Waals surface area contributed by atoms with Crippen molar-refractivity contribution in [1.82, 2.24) is 9.13 Å². The number of hydrogen-bond donors (Lipinski definition) is 0. The lowest BCUT2D eigenvalue weighted by atomic mass is 9.45. The van der Waals surface area contributed by atoms with E-state index in [9.17, 15) is 0 Å². The summed E-state index contributed by atoms with van der Waals surface area (Å²) in [5.74, 6) is 0. The summed E-state index contributed by atoms with van der Waals surface area (Å²) in [4.78, 5) is 10.5. The summed E-state index contributed by atoms with van der Waals surface area (Å²) < 4.78 is 4.92. The molecule has 0 saturated carbocycles. The van der Waals surface area contributed by atoms with Crippen molar-refractivity contribution >= 4 is 114 Å². The Bertz CT molecular complexity index is 4480. The third kappa shape index (κ3) is 5.88. The number of para-hydroxylation sites is 8. The third-order valence-corrected chi connectivity index (χ3v) is 17.6. The van der Waals surface area contributed by atoms with Crippen molar-refractivity contribution in [3.63, 3.8) is 0 Å². The fourth-order valence-corrected chi connectivity index (χ4v) is 14.5. The van der Waals surface area contributed by atoms with Crippen molar-refractivity contribution in [2.24, 2.45) is 0 Å². The monoisotopic (exact) mass is 1020 g/mol. The van der Waals surface area contributed by atoms with Crippen molar-refractivity contribution in [3.8, 4) is 44.8 Å². The fourth-order valence-electron chi connectivity index (χ4n) is 14.5. The molecular formula is C72H46B2N6. The molecule has 4 aliphatic heterocycles. The molecule has 6 nitrogen and oxygen atoms in total. The van der Waals surface area contributed by atoms with Crippen molar-refractivity contribution in [1.29, 1.82) is 0 Å². The molecule has 0 spiro atoms. The Morgan fingerprint density at radius 1 is 0.212 bits per heavy atom. The highest BCUT2D eigenvalue weighted by Crippen LogP contribution is 2.57. The van der Waals surface area contributed by atoms with Crippen LogP contribution in [-0.4, -0.2) is 23.1 Å². The zero-order chi connectivity index (χ0) is 52.2. The zero-order valence-corrected chi connectivity index (χ0v) is 43.4. The average Bonchev–Trinajstić information content (AvgIpc) is 3.99. The van der Waals surface area contributed by atoms with Crippen LogP contribution in [0.2, 0.25) is 0 Å². The van der Waals surface area contributed by atoms with Gasteiger partial charge in [-0.3, -0.25) is 0 Å². The maximum atomic E-state index is 2.64. The van der Waals surface area contributed by atoms with Crippen LogP contribution in [-0.2, 0) is 0 Å². The molecule has 370 valence electrons. The largest absolute Gasteiger partial charge is 0.421 e.